The van der Waals surface area contributed by atoms with Crippen LogP contribution in [0.1, 0.15) is 33.1 Å². The molecule has 1 amide bonds. The lowest BCUT2D eigenvalue weighted by molar-refractivity contribution is -0.128. The number of rotatable bonds is 5. The van der Waals surface area contributed by atoms with Crippen molar-refractivity contribution in [2.24, 2.45) is 0 Å². The zero-order valence-electron chi connectivity index (χ0n) is 15.6. The molecular weight excluding hydrogens is 383 g/mol. The molecule has 6 heteroatoms. The fourth-order valence-electron chi connectivity index (χ4n) is 3.14. The number of benzene rings is 2. The molecule has 1 heterocycles. The topological polar surface area (TPSA) is 41.6 Å². The van der Waals surface area contributed by atoms with Crippen molar-refractivity contribution in [1.82, 2.24) is 0 Å². The molecule has 3 rings (SSSR count). The van der Waals surface area contributed by atoms with E-state index >= 15 is 0 Å². The lowest BCUT2D eigenvalue weighted by atomic mass is 10.1. The average molecular weight is 407 g/mol. The van der Waals surface area contributed by atoms with Crippen LogP contribution in [0.3, 0.4) is 0 Å². The maximum absolute atomic E-state index is 12.9. The molecule has 0 bridgehead atoms. The molecule has 1 fully saturated rings. The normalized spacial score (nSPS) is 14.7. The molecule has 0 aromatic heterocycles. The van der Waals surface area contributed by atoms with Crippen molar-refractivity contribution in [2.45, 2.75) is 38.7 Å². The van der Waals surface area contributed by atoms with Crippen LogP contribution in [0.5, 0.6) is 5.75 Å². The Morgan fingerprint density at radius 3 is 2.30 bits per heavy atom. The van der Waals surface area contributed by atoms with Crippen molar-refractivity contribution < 1.29 is 9.53 Å². The van der Waals surface area contributed by atoms with Crippen molar-refractivity contribution >= 4 is 40.5 Å². The summed E-state index contributed by atoms with van der Waals surface area (Å²) in [4.78, 5) is 15.2. The van der Waals surface area contributed by atoms with Crippen LogP contribution >= 0.6 is 23.2 Å². The Balaban J connectivity index is 1.77. The molecule has 0 unspecified atom stereocenters. The highest BCUT2D eigenvalue weighted by atomic mass is 35.5. The summed E-state index contributed by atoms with van der Waals surface area (Å²) in [5, 5.41) is 4.21. The number of halogens is 2. The van der Waals surface area contributed by atoms with E-state index < -0.39 is 5.60 Å². The van der Waals surface area contributed by atoms with Crippen LogP contribution in [0.2, 0.25) is 10.0 Å². The summed E-state index contributed by atoms with van der Waals surface area (Å²) in [7, 11) is 0. The van der Waals surface area contributed by atoms with Crippen molar-refractivity contribution in [3.05, 3.63) is 52.5 Å². The molecule has 144 valence electrons. The second-order valence-corrected chi connectivity index (χ2v) is 8.10. The number of amides is 1. The van der Waals surface area contributed by atoms with Gasteiger partial charge < -0.3 is 15.0 Å². The standard InChI is InChI=1S/C21H24Cl2N2O2/c1-21(2,27-17-9-6-15(22)7-10-17)20(26)24-18-14-16(23)8-11-19(18)25-12-4-3-5-13-25/h6-11,14H,3-5,12-13H2,1-2H3,(H,24,26). The highest BCUT2D eigenvalue weighted by Gasteiger charge is 2.31. The fraction of sp³-hybridized carbons (Fsp3) is 0.381. The monoisotopic (exact) mass is 406 g/mol. The SMILES string of the molecule is CC(C)(Oc1ccc(Cl)cc1)C(=O)Nc1cc(Cl)ccc1N1CCCCC1. The Kier molecular flexibility index (Phi) is 6.18. The summed E-state index contributed by atoms with van der Waals surface area (Å²) in [5.74, 6) is 0.347. The second kappa shape index (κ2) is 8.41. The Morgan fingerprint density at radius 1 is 1.00 bits per heavy atom. The zero-order chi connectivity index (χ0) is 19.4. The molecule has 0 spiro atoms. The highest BCUT2D eigenvalue weighted by molar-refractivity contribution is 6.31. The van der Waals surface area contributed by atoms with Gasteiger partial charge in [-0.1, -0.05) is 23.2 Å². The van der Waals surface area contributed by atoms with E-state index in [1.807, 2.05) is 12.1 Å². The van der Waals surface area contributed by atoms with Crippen molar-refractivity contribution in [1.29, 1.82) is 0 Å². The first-order valence-electron chi connectivity index (χ1n) is 9.16. The third kappa shape index (κ3) is 5.08. The third-order valence-corrected chi connectivity index (χ3v) is 5.12. The second-order valence-electron chi connectivity index (χ2n) is 7.23. The van der Waals surface area contributed by atoms with Crippen LogP contribution in [0.25, 0.3) is 0 Å². The van der Waals surface area contributed by atoms with Gasteiger partial charge in [-0.2, -0.15) is 0 Å². The van der Waals surface area contributed by atoms with Crippen LogP contribution < -0.4 is 15.0 Å². The van der Waals surface area contributed by atoms with E-state index in [0.717, 1.165) is 31.6 Å². The van der Waals surface area contributed by atoms with E-state index in [0.29, 0.717) is 21.5 Å². The molecule has 0 aliphatic carbocycles. The van der Waals surface area contributed by atoms with Crippen LogP contribution in [0.15, 0.2) is 42.5 Å². The Morgan fingerprint density at radius 2 is 1.63 bits per heavy atom. The summed E-state index contributed by atoms with van der Waals surface area (Å²) in [6, 6.07) is 12.6. The number of ether oxygens (including phenoxy) is 1. The molecule has 4 nitrogen and oxygen atoms in total. The van der Waals surface area contributed by atoms with Gasteiger partial charge in [0, 0.05) is 23.1 Å². The number of piperidine rings is 1. The largest absolute Gasteiger partial charge is 0.478 e. The van der Waals surface area contributed by atoms with Crippen LogP contribution in [-0.4, -0.2) is 24.6 Å². The summed E-state index contributed by atoms with van der Waals surface area (Å²) in [5.41, 5.74) is 0.645. The minimum absolute atomic E-state index is 0.238. The molecule has 1 N–H and O–H groups in total. The van der Waals surface area contributed by atoms with Gasteiger partial charge in [-0.25, -0.2) is 0 Å². The van der Waals surface area contributed by atoms with Crippen LogP contribution in [0.4, 0.5) is 11.4 Å². The molecule has 0 radical (unpaired) electrons. The van der Waals surface area contributed by atoms with Crippen LogP contribution in [-0.2, 0) is 4.79 Å². The lowest BCUT2D eigenvalue weighted by Gasteiger charge is -2.32. The maximum atomic E-state index is 12.9. The number of nitrogens with zero attached hydrogens (tertiary/aromatic N) is 1. The third-order valence-electron chi connectivity index (χ3n) is 4.64. The molecular formula is C21H24Cl2N2O2. The Bertz CT molecular complexity index is 800. The molecule has 1 aliphatic heterocycles. The van der Waals surface area contributed by atoms with Gasteiger partial charge in [-0.3, -0.25) is 4.79 Å². The predicted molar refractivity (Wildman–Crippen MR) is 112 cm³/mol. The zero-order valence-corrected chi connectivity index (χ0v) is 17.1. The van der Waals surface area contributed by atoms with E-state index in [9.17, 15) is 4.79 Å². The van der Waals surface area contributed by atoms with Crippen molar-refractivity contribution in [3.63, 3.8) is 0 Å². The number of nitrogens with one attached hydrogen (secondary N) is 1. The van der Waals surface area contributed by atoms with Gasteiger partial charge in [0.05, 0.1) is 11.4 Å². The molecule has 2 aromatic rings. The molecule has 2 aromatic carbocycles. The quantitative estimate of drug-likeness (QED) is 0.683. The first-order valence-corrected chi connectivity index (χ1v) is 9.91. The number of carbonyl (C=O) groups is 1. The van der Waals surface area contributed by atoms with Crippen molar-refractivity contribution in [3.8, 4) is 5.75 Å². The summed E-state index contributed by atoms with van der Waals surface area (Å²) >= 11 is 12.1. The Labute approximate surface area is 170 Å². The fourth-order valence-corrected chi connectivity index (χ4v) is 3.43. The van der Waals surface area contributed by atoms with Gasteiger partial charge in [-0.05, 0) is 75.6 Å². The Hall–Kier alpha value is -1.91. The minimum Gasteiger partial charge on any atom is -0.478 e. The molecule has 0 saturated carbocycles. The number of carbonyl (C=O) groups excluding carboxylic acids is 1. The predicted octanol–water partition coefficient (Wildman–Crippen LogP) is 5.78. The van der Waals surface area contributed by atoms with E-state index in [1.54, 1.807) is 44.2 Å². The van der Waals surface area contributed by atoms with E-state index in [2.05, 4.69) is 10.2 Å². The van der Waals surface area contributed by atoms with E-state index in [1.165, 1.54) is 6.42 Å². The van der Waals surface area contributed by atoms with Gasteiger partial charge in [0.15, 0.2) is 5.60 Å². The van der Waals surface area contributed by atoms with E-state index in [4.69, 9.17) is 27.9 Å². The summed E-state index contributed by atoms with van der Waals surface area (Å²) in [6.07, 6.45) is 3.55. The van der Waals surface area contributed by atoms with Gasteiger partial charge in [0.2, 0.25) is 0 Å². The van der Waals surface area contributed by atoms with Gasteiger partial charge >= 0.3 is 0 Å². The first kappa shape index (κ1) is 19.8. The number of anilines is 2. The maximum Gasteiger partial charge on any atom is 0.268 e. The molecule has 27 heavy (non-hydrogen) atoms. The number of hydrogen-bond acceptors (Lipinski definition) is 3. The summed E-state index contributed by atoms with van der Waals surface area (Å²) in [6.45, 7) is 5.44. The first-order chi connectivity index (χ1) is 12.8. The van der Waals surface area contributed by atoms with E-state index in [-0.39, 0.29) is 5.91 Å². The lowest BCUT2D eigenvalue weighted by Crippen LogP contribution is -2.43. The van der Waals surface area contributed by atoms with Gasteiger partial charge in [-0.15, -0.1) is 0 Å². The smallest absolute Gasteiger partial charge is 0.268 e. The van der Waals surface area contributed by atoms with Crippen molar-refractivity contribution in [2.75, 3.05) is 23.3 Å². The molecule has 1 saturated heterocycles. The highest BCUT2D eigenvalue weighted by Crippen LogP contribution is 2.32. The molecule has 1 aliphatic rings. The number of hydrogen-bond donors (Lipinski definition) is 1. The van der Waals surface area contributed by atoms with Gasteiger partial charge in [0.25, 0.3) is 5.91 Å². The average Bonchev–Trinajstić information content (AvgIpc) is 2.64. The summed E-state index contributed by atoms with van der Waals surface area (Å²) < 4.78 is 5.89. The van der Waals surface area contributed by atoms with Gasteiger partial charge in [0.1, 0.15) is 5.75 Å². The molecule has 0 atom stereocenters. The minimum atomic E-state index is -1.06. The van der Waals surface area contributed by atoms with Crippen LogP contribution in [0, 0.1) is 0 Å².